The summed E-state index contributed by atoms with van der Waals surface area (Å²) in [6.07, 6.45) is 0. The number of hydrogen-bond donors (Lipinski definition) is 1. The third kappa shape index (κ3) is 5.92. The summed E-state index contributed by atoms with van der Waals surface area (Å²) in [5.74, 6) is 2.77. The largest absolute Gasteiger partial charge is 0.313 e. The first-order valence-electron chi connectivity index (χ1n) is 5.84. The van der Waals surface area contributed by atoms with E-state index in [1.54, 1.807) is 0 Å². The van der Waals surface area contributed by atoms with Crippen molar-refractivity contribution in [3.05, 3.63) is 0 Å². The smallest absolute Gasteiger partial charge is 0.0181 e. The summed E-state index contributed by atoms with van der Waals surface area (Å²) >= 11 is 2.10. The van der Waals surface area contributed by atoms with Crippen LogP contribution in [-0.4, -0.2) is 23.6 Å². The zero-order chi connectivity index (χ0) is 11.1. The fraction of sp³-hybridized carbons (Fsp3) is 1.00. The van der Waals surface area contributed by atoms with Gasteiger partial charge in [0.05, 0.1) is 0 Å². The Labute approximate surface area is 94.4 Å². The van der Waals surface area contributed by atoms with Crippen molar-refractivity contribution in [1.82, 2.24) is 5.32 Å². The summed E-state index contributed by atoms with van der Waals surface area (Å²) in [5, 5.41) is 4.33. The molecule has 0 fully saturated rings. The van der Waals surface area contributed by atoms with Gasteiger partial charge in [-0.1, -0.05) is 41.5 Å². The molecule has 0 saturated carbocycles. The van der Waals surface area contributed by atoms with Gasteiger partial charge in [0.2, 0.25) is 0 Å². The summed E-state index contributed by atoms with van der Waals surface area (Å²) < 4.78 is 0. The van der Waals surface area contributed by atoms with E-state index >= 15 is 0 Å². The van der Waals surface area contributed by atoms with Crippen LogP contribution in [0.15, 0.2) is 0 Å². The van der Waals surface area contributed by atoms with Crippen molar-refractivity contribution in [2.45, 2.75) is 52.8 Å². The van der Waals surface area contributed by atoms with Gasteiger partial charge in [0, 0.05) is 17.0 Å². The molecule has 0 bridgehead atoms. The van der Waals surface area contributed by atoms with Crippen LogP contribution >= 0.6 is 11.8 Å². The minimum absolute atomic E-state index is 0.672. The van der Waals surface area contributed by atoms with Crippen LogP contribution in [0.25, 0.3) is 0 Å². The van der Waals surface area contributed by atoms with Crippen LogP contribution in [0.5, 0.6) is 0 Å². The zero-order valence-corrected chi connectivity index (χ0v) is 11.4. The predicted octanol–water partition coefficient (Wildman–Crippen LogP) is 3.40. The molecule has 0 heterocycles. The molecule has 0 aliphatic carbocycles. The SMILES string of the molecule is CCNC(CSC(C)C(C)C)C(C)C. The highest BCUT2D eigenvalue weighted by atomic mass is 32.2. The highest BCUT2D eigenvalue weighted by Gasteiger charge is 2.15. The van der Waals surface area contributed by atoms with Crippen molar-refractivity contribution in [2.24, 2.45) is 11.8 Å². The highest BCUT2D eigenvalue weighted by Crippen LogP contribution is 2.21. The molecule has 0 rings (SSSR count). The molecule has 14 heavy (non-hydrogen) atoms. The molecule has 1 nitrogen and oxygen atoms in total. The molecule has 2 unspecified atom stereocenters. The Morgan fingerprint density at radius 3 is 1.93 bits per heavy atom. The van der Waals surface area contributed by atoms with Gasteiger partial charge in [-0.05, 0) is 18.4 Å². The van der Waals surface area contributed by atoms with E-state index in [2.05, 4.69) is 58.6 Å². The Bertz CT molecular complexity index is 134. The molecule has 0 aliphatic heterocycles. The number of rotatable bonds is 7. The first-order chi connectivity index (χ1) is 6.49. The zero-order valence-electron chi connectivity index (χ0n) is 10.6. The van der Waals surface area contributed by atoms with Gasteiger partial charge in [-0.15, -0.1) is 0 Å². The van der Waals surface area contributed by atoms with Crippen LogP contribution in [-0.2, 0) is 0 Å². The molecule has 0 aromatic heterocycles. The lowest BCUT2D eigenvalue weighted by Gasteiger charge is -2.24. The predicted molar refractivity (Wildman–Crippen MR) is 69.1 cm³/mol. The fourth-order valence-corrected chi connectivity index (χ4v) is 2.60. The summed E-state index contributed by atoms with van der Waals surface area (Å²) in [7, 11) is 0. The van der Waals surface area contributed by atoms with Gasteiger partial charge in [0.15, 0.2) is 0 Å². The molecule has 2 atom stereocenters. The Kier molecular flexibility index (Phi) is 7.75. The highest BCUT2D eigenvalue weighted by molar-refractivity contribution is 7.99. The van der Waals surface area contributed by atoms with Crippen molar-refractivity contribution >= 4 is 11.8 Å². The fourth-order valence-electron chi connectivity index (χ4n) is 1.20. The van der Waals surface area contributed by atoms with Crippen LogP contribution in [0.1, 0.15) is 41.5 Å². The monoisotopic (exact) mass is 217 g/mol. The first-order valence-corrected chi connectivity index (χ1v) is 6.88. The minimum Gasteiger partial charge on any atom is -0.313 e. The molecule has 86 valence electrons. The van der Waals surface area contributed by atoms with Crippen molar-refractivity contribution in [2.75, 3.05) is 12.3 Å². The lowest BCUT2D eigenvalue weighted by molar-refractivity contribution is 0.442. The van der Waals surface area contributed by atoms with Crippen LogP contribution < -0.4 is 5.32 Å². The Hall–Kier alpha value is 0.310. The molecular formula is C12H27NS. The normalized spacial score (nSPS) is 16.3. The van der Waals surface area contributed by atoms with Gasteiger partial charge < -0.3 is 5.32 Å². The molecule has 1 N–H and O–H groups in total. The Balaban J connectivity index is 3.81. The second-order valence-corrected chi connectivity index (χ2v) is 6.10. The topological polar surface area (TPSA) is 12.0 Å². The van der Waals surface area contributed by atoms with E-state index in [-0.39, 0.29) is 0 Å². The number of nitrogens with one attached hydrogen (secondary N) is 1. The van der Waals surface area contributed by atoms with Crippen molar-refractivity contribution < 1.29 is 0 Å². The molecule has 0 radical (unpaired) electrons. The third-order valence-electron chi connectivity index (χ3n) is 2.75. The molecule has 0 saturated heterocycles. The molecule has 0 amide bonds. The maximum absolute atomic E-state index is 3.56. The van der Waals surface area contributed by atoms with E-state index < -0.39 is 0 Å². The van der Waals surface area contributed by atoms with Gasteiger partial charge in [-0.2, -0.15) is 11.8 Å². The molecule has 0 aromatic carbocycles. The van der Waals surface area contributed by atoms with Gasteiger partial charge in [0.1, 0.15) is 0 Å². The number of thioether (sulfide) groups is 1. The Morgan fingerprint density at radius 1 is 1.00 bits per heavy atom. The van der Waals surface area contributed by atoms with Crippen LogP contribution in [0.4, 0.5) is 0 Å². The van der Waals surface area contributed by atoms with Gasteiger partial charge >= 0.3 is 0 Å². The average Bonchev–Trinajstić information content (AvgIpc) is 2.10. The van der Waals surface area contributed by atoms with E-state index in [4.69, 9.17) is 0 Å². The maximum Gasteiger partial charge on any atom is 0.0181 e. The van der Waals surface area contributed by atoms with Crippen LogP contribution in [0.2, 0.25) is 0 Å². The first kappa shape index (κ1) is 14.3. The standard InChI is InChI=1S/C12H27NS/c1-7-13-12(10(4)5)8-14-11(6)9(2)3/h9-13H,7-8H2,1-6H3. The third-order valence-corrected chi connectivity index (χ3v) is 4.37. The number of hydrogen-bond acceptors (Lipinski definition) is 2. The maximum atomic E-state index is 3.56. The van der Waals surface area contributed by atoms with E-state index in [0.717, 1.165) is 23.6 Å². The lowest BCUT2D eigenvalue weighted by Crippen LogP contribution is -2.36. The Morgan fingerprint density at radius 2 is 1.57 bits per heavy atom. The molecular weight excluding hydrogens is 190 g/mol. The van der Waals surface area contributed by atoms with Gasteiger partial charge in [-0.25, -0.2) is 0 Å². The van der Waals surface area contributed by atoms with E-state index in [9.17, 15) is 0 Å². The summed E-state index contributed by atoms with van der Waals surface area (Å²) in [6, 6.07) is 0.672. The second-order valence-electron chi connectivity index (χ2n) is 4.69. The average molecular weight is 217 g/mol. The van der Waals surface area contributed by atoms with Crippen LogP contribution in [0, 0.1) is 11.8 Å². The lowest BCUT2D eigenvalue weighted by atomic mass is 10.1. The summed E-state index contributed by atoms with van der Waals surface area (Å²) in [4.78, 5) is 0. The molecule has 0 aromatic rings. The van der Waals surface area contributed by atoms with Crippen molar-refractivity contribution in [3.63, 3.8) is 0 Å². The van der Waals surface area contributed by atoms with E-state index in [1.807, 2.05) is 0 Å². The van der Waals surface area contributed by atoms with E-state index in [1.165, 1.54) is 5.75 Å². The van der Waals surface area contributed by atoms with Gasteiger partial charge in [-0.3, -0.25) is 0 Å². The summed E-state index contributed by atoms with van der Waals surface area (Å²) in [5.41, 5.74) is 0. The van der Waals surface area contributed by atoms with Crippen molar-refractivity contribution in [3.8, 4) is 0 Å². The second kappa shape index (κ2) is 7.58. The summed E-state index contributed by atoms with van der Waals surface area (Å²) in [6.45, 7) is 14.8. The molecule has 0 spiro atoms. The quantitative estimate of drug-likeness (QED) is 0.701. The van der Waals surface area contributed by atoms with Crippen molar-refractivity contribution in [1.29, 1.82) is 0 Å². The molecule has 2 heteroatoms. The minimum atomic E-state index is 0.672. The molecule has 0 aliphatic rings. The van der Waals surface area contributed by atoms with Gasteiger partial charge in [0.25, 0.3) is 0 Å². The van der Waals surface area contributed by atoms with Crippen LogP contribution in [0.3, 0.4) is 0 Å². The van der Waals surface area contributed by atoms with E-state index in [0.29, 0.717) is 6.04 Å².